The summed E-state index contributed by atoms with van der Waals surface area (Å²) in [5.41, 5.74) is 3.11. The van der Waals surface area contributed by atoms with E-state index in [1.165, 1.54) is 44.1 Å². The highest BCUT2D eigenvalue weighted by Crippen LogP contribution is 2.34. The van der Waals surface area contributed by atoms with Crippen LogP contribution in [0.5, 0.6) is 0 Å². The standard InChI is InChI=1S/C17H25N2/c1-18-16(14-9-5-3-6-10-14)13-17(19(18)2)15-11-7-4-8-12-15/h3,5-6,9-10,15-16H,4,7-8,11-13H2,1-2H3/q+1. The molecule has 1 aromatic rings. The van der Waals surface area contributed by atoms with Gasteiger partial charge in [-0.05, 0) is 18.4 Å². The van der Waals surface area contributed by atoms with E-state index < -0.39 is 0 Å². The predicted octanol–water partition coefficient (Wildman–Crippen LogP) is 3.64. The molecular formula is C17H25N2+. The van der Waals surface area contributed by atoms with Crippen LogP contribution in [0.2, 0.25) is 0 Å². The molecule has 0 radical (unpaired) electrons. The Morgan fingerprint density at radius 1 is 1.05 bits per heavy atom. The van der Waals surface area contributed by atoms with Crippen molar-refractivity contribution >= 4 is 5.71 Å². The second-order valence-electron chi connectivity index (χ2n) is 6.05. The first-order valence-electron chi connectivity index (χ1n) is 7.64. The van der Waals surface area contributed by atoms with E-state index in [0.717, 1.165) is 5.92 Å². The van der Waals surface area contributed by atoms with Gasteiger partial charge in [0.15, 0.2) is 12.8 Å². The molecule has 0 bridgehead atoms. The molecular weight excluding hydrogens is 232 g/mol. The van der Waals surface area contributed by atoms with Gasteiger partial charge in [-0.3, -0.25) is 0 Å². The average molecular weight is 257 g/mol. The highest BCUT2D eigenvalue weighted by molar-refractivity contribution is 5.83. The lowest BCUT2D eigenvalue weighted by atomic mass is 9.83. The molecule has 1 aromatic carbocycles. The monoisotopic (exact) mass is 257 g/mol. The molecule has 1 aliphatic carbocycles. The van der Waals surface area contributed by atoms with Crippen molar-refractivity contribution in [3.63, 3.8) is 0 Å². The van der Waals surface area contributed by atoms with E-state index in [-0.39, 0.29) is 0 Å². The summed E-state index contributed by atoms with van der Waals surface area (Å²) in [4.78, 5) is 0. The molecule has 0 spiro atoms. The van der Waals surface area contributed by atoms with Crippen molar-refractivity contribution in [2.45, 2.75) is 44.6 Å². The van der Waals surface area contributed by atoms with E-state index in [4.69, 9.17) is 0 Å². The van der Waals surface area contributed by atoms with Crippen LogP contribution in [-0.2, 0) is 0 Å². The van der Waals surface area contributed by atoms with Crippen molar-refractivity contribution in [2.75, 3.05) is 14.1 Å². The largest absolute Gasteiger partial charge is 0.187 e. The van der Waals surface area contributed by atoms with Crippen LogP contribution in [0.3, 0.4) is 0 Å². The zero-order valence-electron chi connectivity index (χ0n) is 12.2. The van der Waals surface area contributed by atoms with Crippen molar-refractivity contribution in [3.8, 4) is 0 Å². The van der Waals surface area contributed by atoms with Crippen LogP contribution in [0.15, 0.2) is 30.3 Å². The number of rotatable bonds is 2. The Labute approximate surface area is 116 Å². The van der Waals surface area contributed by atoms with E-state index >= 15 is 0 Å². The first-order chi connectivity index (χ1) is 9.27. The topological polar surface area (TPSA) is 6.25 Å². The van der Waals surface area contributed by atoms with Gasteiger partial charge >= 0.3 is 0 Å². The fraction of sp³-hybridized carbons (Fsp3) is 0.588. The molecule has 1 heterocycles. The average Bonchev–Trinajstić information content (AvgIpc) is 2.77. The first-order valence-corrected chi connectivity index (χ1v) is 7.64. The normalized spacial score (nSPS) is 25.2. The quantitative estimate of drug-likeness (QED) is 0.733. The smallest absolute Gasteiger partial charge is 0.181 e. The second-order valence-corrected chi connectivity index (χ2v) is 6.05. The summed E-state index contributed by atoms with van der Waals surface area (Å²) in [7, 11) is 4.47. The minimum atomic E-state index is 0.531. The molecule has 0 amide bonds. The maximum Gasteiger partial charge on any atom is 0.187 e. The van der Waals surface area contributed by atoms with Crippen LogP contribution >= 0.6 is 0 Å². The summed E-state index contributed by atoms with van der Waals surface area (Å²) < 4.78 is 2.42. The van der Waals surface area contributed by atoms with E-state index in [9.17, 15) is 0 Å². The molecule has 0 aromatic heterocycles. The molecule has 102 valence electrons. The lowest BCUT2D eigenvalue weighted by Crippen LogP contribution is -2.29. The van der Waals surface area contributed by atoms with Gasteiger partial charge in [0.1, 0.15) is 6.04 Å². The Balaban J connectivity index is 1.80. The van der Waals surface area contributed by atoms with E-state index in [1.807, 2.05) is 0 Å². The number of benzene rings is 1. The second kappa shape index (κ2) is 5.36. The van der Waals surface area contributed by atoms with Gasteiger partial charge in [0.25, 0.3) is 0 Å². The van der Waals surface area contributed by atoms with Gasteiger partial charge in [0.05, 0.1) is 13.5 Å². The van der Waals surface area contributed by atoms with Crippen molar-refractivity contribution in [2.24, 2.45) is 5.92 Å². The third kappa shape index (κ3) is 2.41. The number of hydrogen-bond donors (Lipinski definition) is 0. The molecule has 0 N–H and O–H groups in total. The van der Waals surface area contributed by atoms with Gasteiger partial charge in [-0.25, -0.2) is 0 Å². The van der Waals surface area contributed by atoms with Crippen LogP contribution in [-0.4, -0.2) is 29.5 Å². The Kier molecular flexibility index (Phi) is 3.58. The zero-order valence-corrected chi connectivity index (χ0v) is 12.2. The summed E-state index contributed by atoms with van der Waals surface area (Å²) >= 11 is 0. The minimum Gasteiger partial charge on any atom is -0.181 e. The maximum absolute atomic E-state index is 2.42. The van der Waals surface area contributed by atoms with Crippen molar-refractivity contribution < 1.29 is 4.68 Å². The van der Waals surface area contributed by atoms with Crippen molar-refractivity contribution in [1.82, 2.24) is 5.01 Å². The molecule has 2 heteroatoms. The molecule has 1 unspecified atom stereocenters. The fourth-order valence-electron chi connectivity index (χ4n) is 3.75. The third-order valence-corrected chi connectivity index (χ3v) is 5.00. The Bertz CT molecular complexity index is 457. The van der Waals surface area contributed by atoms with Gasteiger partial charge < -0.3 is 0 Å². The molecule has 1 aliphatic heterocycles. The van der Waals surface area contributed by atoms with E-state index in [1.54, 1.807) is 5.71 Å². The van der Waals surface area contributed by atoms with Crippen LogP contribution in [0.1, 0.15) is 50.1 Å². The number of nitrogens with zero attached hydrogens (tertiary/aromatic N) is 2. The summed E-state index contributed by atoms with van der Waals surface area (Å²) in [6.45, 7) is 0. The van der Waals surface area contributed by atoms with Gasteiger partial charge in [-0.1, -0.05) is 49.6 Å². The minimum absolute atomic E-state index is 0.531. The summed E-state index contributed by atoms with van der Waals surface area (Å²) in [5.74, 6) is 0.829. The predicted molar refractivity (Wildman–Crippen MR) is 79.3 cm³/mol. The molecule has 1 saturated carbocycles. The van der Waals surface area contributed by atoms with E-state index in [2.05, 4.69) is 54.1 Å². The molecule has 19 heavy (non-hydrogen) atoms. The molecule has 2 nitrogen and oxygen atoms in total. The van der Waals surface area contributed by atoms with Gasteiger partial charge in [-0.15, -0.1) is 4.68 Å². The molecule has 3 rings (SSSR count). The number of hydrogen-bond acceptors (Lipinski definition) is 1. The molecule has 1 fully saturated rings. The van der Waals surface area contributed by atoms with E-state index in [0.29, 0.717) is 6.04 Å². The summed E-state index contributed by atoms with van der Waals surface area (Å²) in [6.07, 6.45) is 8.28. The Hall–Kier alpha value is -1.31. The SMILES string of the molecule is CN1C(c2ccccc2)CC(C2CCCCC2)=[N+]1C. The van der Waals surface area contributed by atoms with Crippen LogP contribution in [0.4, 0.5) is 0 Å². The highest BCUT2D eigenvalue weighted by Gasteiger charge is 2.39. The van der Waals surface area contributed by atoms with Crippen LogP contribution in [0, 0.1) is 5.92 Å². The molecule has 0 saturated heterocycles. The first kappa shape index (κ1) is 12.7. The molecule has 1 atom stereocenters. The summed E-state index contributed by atoms with van der Waals surface area (Å²) in [6, 6.07) is 11.5. The lowest BCUT2D eigenvalue weighted by molar-refractivity contribution is -0.662. The van der Waals surface area contributed by atoms with Gasteiger partial charge in [-0.2, -0.15) is 5.01 Å². The Morgan fingerprint density at radius 2 is 1.74 bits per heavy atom. The van der Waals surface area contributed by atoms with Crippen LogP contribution in [0.25, 0.3) is 0 Å². The maximum atomic E-state index is 2.42. The van der Waals surface area contributed by atoms with Crippen LogP contribution < -0.4 is 0 Å². The van der Waals surface area contributed by atoms with Gasteiger partial charge in [0.2, 0.25) is 0 Å². The highest BCUT2D eigenvalue weighted by atomic mass is 15.6. The number of hydrazine groups is 1. The Morgan fingerprint density at radius 3 is 2.42 bits per heavy atom. The van der Waals surface area contributed by atoms with Gasteiger partial charge in [0, 0.05) is 5.92 Å². The zero-order chi connectivity index (χ0) is 13.2. The third-order valence-electron chi connectivity index (χ3n) is 5.00. The lowest BCUT2D eigenvalue weighted by Gasteiger charge is -2.19. The fourth-order valence-corrected chi connectivity index (χ4v) is 3.75. The molecule has 2 aliphatic rings. The number of hydrazone groups is 1. The summed E-state index contributed by atoms with van der Waals surface area (Å²) in [5, 5.41) is 2.42. The van der Waals surface area contributed by atoms with Crippen molar-refractivity contribution in [1.29, 1.82) is 0 Å². The van der Waals surface area contributed by atoms with Crippen molar-refractivity contribution in [3.05, 3.63) is 35.9 Å².